The Kier molecular flexibility index (Phi) is 5.33. The summed E-state index contributed by atoms with van der Waals surface area (Å²) in [6.07, 6.45) is 8.45. The van der Waals surface area contributed by atoms with Crippen LogP contribution in [-0.2, 0) is 11.2 Å². The Hall–Kier alpha value is -0.490. The highest BCUT2D eigenvalue weighted by Crippen LogP contribution is 2.35. The molecule has 0 aromatic carbocycles. The molecule has 3 N–H and O–H groups in total. The van der Waals surface area contributed by atoms with Crippen molar-refractivity contribution in [1.29, 1.82) is 0 Å². The fourth-order valence-electron chi connectivity index (χ4n) is 2.98. The lowest BCUT2D eigenvalue weighted by molar-refractivity contribution is -0.0675. The minimum Gasteiger partial charge on any atom is -0.377 e. The standard InChI is InChI=1S/C14H22BrN3O/c1-19-14(7-3-2-4-8-14)13(18-16)9-12-6-5-11(15)10-17-12/h5-6,10,13,18H,2-4,7-9,16H2,1H3. The summed E-state index contributed by atoms with van der Waals surface area (Å²) in [6, 6.07) is 4.14. The molecule has 1 unspecified atom stereocenters. The number of nitrogens with two attached hydrogens (primary N) is 1. The fourth-order valence-corrected chi connectivity index (χ4v) is 3.21. The molecule has 0 radical (unpaired) electrons. The largest absolute Gasteiger partial charge is 0.377 e. The summed E-state index contributed by atoms with van der Waals surface area (Å²) in [7, 11) is 1.80. The summed E-state index contributed by atoms with van der Waals surface area (Å²) in [4.78, 5) is 4.43. The van der Waals surface area contributed by atoms with Crippen LogP contribution in [0.15, 0.2) is 22.8 Å². The molecule has 0 saturated heterocycles. The van der Waals surface area contributed by atoms with Crippen LogP contribution >= 0.6 is 15.9 Å². The lowest BCUT2D eigenvalue weighted by Crippen LogP contribution is -2.56. The summed E-state index contributed by atoms with van der Waals surface area (Å²) in [5.41, 5.74) is 3.83. The highest BCUT2D eigenvalue weighted by Gasteiger charge is 2.39. The SMILES string of the molecule is COC1(C(Cc2ccc(Br)cn2)NN)CCCCC1. The van der Waals surface area contributed by atoms with Gasteiger partial charge in [0.05, 0.1) is 11.6 Å². The maximum Gasteiger partial charge on any atom is 0.0848 e. The van der Waals surface area contributed by atoms with Gasteiger partial charge in [-0.1, -0.05) is 19.3 Å². The molecule has 1 aliphatic carbocycles. The fraction of sp³-hybridized carbons (Fsp3) is 0.643. The van der Waals surface area contributed by atoms with Crippen LogP contribution in [0.3, 0.4) is 0 Å². The molecular formula is C14H22BrN3O. The van der Waals surface area contributed by atoms with Crippen LogP contribution in [-0.4, -0.2) is 23.7 Å². The Bertz CT molecular complexity index is 390. The summed E-state index contributed by atoms with van der Waals surface area (Å²) in [5, 5.41) is 0. The van der Waals surface area contributed by atoms with E-state index in [-0.39, 0.29) is 11.6 Å². The van der Waals surface area contributed by atoms with Crippen molar-refractivity contribution in [2.75, 3.05) is 7.11 Å². The average molecular weight is 328 g/mol. The number of methoxy groups -OCH3 is 1. The minimum absolute atomic E-state index is 0.103. The highest BCUT2D eigenvalue weighted by molar-refractivity contribution is 9.10. The molecule has 1 saturated carbocycles. The van der Waals surface area contributed by atoms with Crippen LogP contribution in [0.1, 0.15) is 37.8 Å². The van der Waals surface area contributed by atoms with Crippen molar-refractivity contribution in [3.63, 3.8) is 0 Å². The third-order valence-electron chi connectivity index (χ3n) is 4.14. The Morgan fingerprint density at radius 1 is 1.42 bits per heavy atom. The van der Waals surface area contributed by atoms with E-state index in [1.165, 1.54) is 19.3 Å². The molecule has 4 nitrogen and oxygen atoms in total. The van der Waals surface area contributed by atoms with Gasteiger partial charge in [-0.3, -0.25) is 16.3 Å². The monoisotopic (exact) mass is 327 g/mol. The lowest BCUT2D eigenvalue weighted by atomic mass is 9.78. The molecule has 1 aromatic rings. The predicted molar refractivity (Wildman–Crippen MR) is 79.6 cm³/mol. The summed E-state index contributed by atoms with van der Waals surface area (Å²) < 4.78 is 6.84. The second-order valence-corrected chi connectivity index (χ2v) is 6.14. The molecule has 0 aliphatic heterocycles. The molecular weight excluding hydrogens is 306 g/mol. The first-order chi connectivity index (χ1) is 9.20. The number of halogens is 1. The van der Waals surface area contributed by atoms with Crippen molar-refractivity contribution in [3.8, 4) is 0 Å². The van der Waals surface area contributed by atoms with E-state index in [1.54, 1.807) is 7.11 Å². The first kappa shape index (κ1) is 14.9. The van der Waals surface area contributed by atoms with Crippen LogP contribution in [0.25, 0.3) is 0 Å². The zero-order valence-corrected chi connectivity index (χ0v) is 12.9. The smallest absolute Gasteiger partial charge is 0.0848 e. The number of pyridine rings is 1. The molecule has 5 heteroatoms. The van der Waals surface area contributed by atoms with Crippen LogP contribution in [0.2, 0.25) is 0 Å². The van der Waals surface area contributed by atoms with Crippen LogP contribution in [0.4, 0.5) is 0 Å². The van der Waals surface area contributed by atoms with E-state index in [2.05, 4.69) is 26.3 Å². The Morgan fingerprint density at radius 2 is 2.16 bits per heavy atom. The second kappa shape index (κ2) is 6.79. The quantitative estimate of drug-likeness (QED) is 0.644. The first-order valence-electron chi connectivity index (χ1n) is 6.82. The van der Waals surface area contributed by atoms with E-state index in [0.717, 1.165) is 29.4 Å². The van der Waals surface area contributed by atoms with Crippen molar-refractivity contribution in [1.82, 2.24) is 10.4 Å². The zero-order chi connectivity index (χ0) is 13.7. The van der Waals surface area contributed by atoms with Crippen molar-refractivity contribution in [2.45, 2.75) is 50.2 Å². The zero-order valence-electron chi connectivity index (χ0n) is 11.4. The third-order valence-corrected chi connectivity index (χ3v) is 4.61. The van der Waals surface area contributed by atoms with Crippen molar-refractivity contribution in [2.24, 2.45) is 5.84 Å². The number of hydrogen-bond donors (Lipinski definition) is 2. The topological polar surface area (TPSA) is 60.2 Å². The summed E-state index contributed by atoms with van der Waals surface area (Å²) in [5.74, 6) is 5.78. The normalized spacial score (nSPS) is 20.2. The molecule has 0 spiro atoms. The highest BCUT2D eigenvalue weighted by atomic mass is 79.9. The van der Waals surface area contributed by atoms with Gasteiger partial charge in [-0.25, -0.2) is 0 Å². The van der Waals surface area contributed by atoms with Crippen LogP contribution in [0.5, 0.6) is 0 Å². The van der Waals surface area contributed by atoms with Gasteiger partial charge in [-0.15, -0.1) is 0 Å². The third kappa shape index (κ3) is 3.54. The van der Waals surface area contributed by atoms with Crippen LogP contribution < -0.4 is 11.3 Å². The number of ether oxygens (including phenoxy) is 1. The Labute approximate surface area is 123 Å². The van der Waals surface area contributed by atoms with Gasteiger partial charge >= 0.3 is 0 Å². The molecule has 1 heterocycles. The lowest BCUT2D eigenvalue weighted by Gasteiger charge is -2.42. The average Bonchev–Trinajstić information content (AvgIpc) is 2.47. The number of hydrazine groups is 1. The van der Waals surface area contributed by atoms with Gasteiger partial charge in [0.25, 0.3) is 0 Å². The molecule has 1 fully saturated rings. The summed E-state index contributed by atoms with van der Waals surface area (Å²) in [6.45, 7) is 0. The number of nitrogens with one attached hydrogen (secondary N) is 1. The Morgan fingerprint density at radius 3 is 2.68 bits per heavy atom. The maximum atomic E-state index is 5.85. The van der Waals surface area contributed by atoms with Gasteiger partial charge in [0.2, 0.25) is 0 Å². The van der Waals surface area contributed by atoms with Crippen molar-refractivity contribution >= 4 is 15.9 Å². The van der Waals surface area contributed by atoms with Gasteiger partial charge < -0.3 is 4.74 Å². The van der Waals surface area contributed by atoms with Gasteiger partial charge in [-0.2, -0.15) is 0 Å². The molecule has 1 aromatic heterocycles. The molecule has 106 valence electrons. The van der Waals surface area contributed by atoms with Crippen molar-refractivity contribution < 1.29 is 4.74 Å². The predicted octanol–water partition coefficient (Wildman–Crippen LogP) is 2.57. The van der Waals surface area contributed by atoms with Gasteiger partial charge in [-0.05, 0) is 40.9 Å². The number of nitrogens with zero attached hydrogens (tertiary/aromatic N) is 1. The van der Waals surface area contributed by atoms with E-state index in [4.69, 9.17) is 10.6 Å². The van der Waals surface area contributed by atoms with Gasteiger partial charge in [0.15, 0.2) is 0 Å². The van der Waals surface area contributed by atoms with E-state index in [1.807, 2.05) is 18.3 Å². The van der Waals surface area contributed by atoms with Crippen molar-refractivity contribution in [3.05, 3.63) is 28.5 Å². The number of hydrogen-bond acceptors (Lipinski definition) is 4. The van der Waals surface area contributed by atoms with E-state index >= 15 is 0 Å². The molecule has 19 heavy (non-hydrogen) atoms. The number of rotatable bonds is 5. The van der Waals surface area contributed by atoms with E-state index in [9.17, 15) is 0 Å². The molecule has 1 atom stereocenters. The minimum atomic E-state index is -0.151. The molecule has 1 aliphatic rings. The first-order valence-corrected chi connectivity index (χ1v) is 7.61. The molecule has 0 bridgehead atoms. The Balaban J connectivity index is 2.11. The number of aromatic nitrogens is 1. The van der Waals surface area contributed by atoms with Crippen LogP contribution in [0, 0.1) is 0 Å². The summed E-state index contributed by atoms with van der Waals surface area (Å²) >= 11 is 3.40. The second-order valence-electron chi connectivity index (χ2n) is 5.22. The van der Waals surface area contributed by atoms with E-state index < -0.39 is 0 Å². The molecule has 2 rings (SSSR count). The van der Waals surface area contributed by atoms with Gasteiger partial charge in [0, 0.05) is 29.9 Å². The van der Waals surface area contributed by atoms with E-state index in [0.29, 0.717) is 0 Å². The molecule has 0 amide bonds. The van der Waals surface area contributed by atoms with Gasteiger partial charge in [0.1, 0.15) is 0 Å². The maximum absolute atomic E-state index is 5.85.